The highest BCUT2D eigenvalue weighted by atomic mass is 16.5. The molecule has 0 saturated heterocycles. The summed E-state index contributed by atoms with van der Waals surface area (Å²) in [6.45, 7) is 1.67. The number of amidine groups is 1. The van der Waals surface area contributed by atoms with Gasteiger partial charge in [0.05, 0.1) is 32.2 Å². The van der Waals surface area contributed by atoms with E-state index in [9.17, 15) is 9.59 Å². The molecule has 1 amide bonds. The van der Waals surface area contributed by atoms with Crippen molar-refractivity contribution in [2.45, 2.75) is 6.92 Å². The summed E-state index contributed by atoms with van der Waals surface area (Å²) >= 11 is 0. The van der Waals surface area contributed by atoms with Gasteiger partial charge in [-0.05, 0) is 42.8 Å². The molecule has 4 aromatic rings. The van der Waals surface area contributed by atoms with E-state index in [1.807, 2.05) is 36.4 Å². The fraction of sp³-hybridized carbons (Fsp3) is 0.143. The van der Waals surface area contributed by atoms with Crippen molar-refractivity contribution in [3.8, 4) is 28.6 Å². The summed E-state index contributed by atoms with van der Waals surface area (Å²) in [7, 11) is 4.55. The molecule has 5 rings (SSSR count). The van der Waals surface area contributed by atoms with Gasteiger partial charge in [-0.15, -0.1) is 0 Å². The molecular formula is C28H24N4O5. The number of aromatic nitrogens is 2. The van der Waals surface area contributed by atoms with Crippen LogP contribution in [-0.4, -0.2) is 42.7 Å². The van der Waals surface area contributed by atoms with Gasteiger partial charge in [-0.25, -0.2) is 9.98 Å². The van der Waals surface area contributed by atoms with Gasteiger partial charge in [-0.3, -0.25) is 9.59 Å². The highest BCUT2D eigenvalue weighted by molar-refractivity contribution is 6.24. The summed E-state index contributed by atoms with van der Waals surface area (Å²) in [5, 5.41) is 1.65. The fourth-order valence-electron chi connectivity index (χ4n) is 4.28. The summed E-state index contributed by atoms with van der Waals surface area (Å²) in [6, 6.07) is 19.7. The SMILES string of the molecule is COc1cc(/C=C2\N=C(C)N(n3c(-c4ccccc4)nc4ccccc4c3=O)C2=O)cc(OC)c1OC. The first-order chi connectivity index (χ1) is 18.0. The molecule has 1 aromatic heterocycles. The lowest BCUT2D eigenvalue weighted by atomic mass is 10.1. The molecule has 9 nitrogen and oxygen atoms in total. The molecule has 1 aliphatic rings. The van der Waals surface area contributed by atoms with Crippen LogP contribution in [0.1, 0.15) is 12.5 Å². The van der Waals surface area contributed by atoms with Gasteiger partial charge in [0.15, 0.2) is 17.3 Å². The van der Waals surface area contributed by atoms with Gasteiger partial charge >= 0.3 is 0 Å². The molecule has 9 heteroatoms. The Labute approximate surface area is 212 Å². The van der Waals surface area contributed by atoms with E-state index in [4.69, 9.17) is 19.2 Å². The quantitative estimate of drug-likeness (QED) is 0.374. The predicted molar refractivity (Wildman–Crippen MR) is 142 cm³/mol. The molecular weight excluding hydrogens is 472 g/mol. The number of aliphatic imine (C=N–C) groups is 1. The van der Waals surface area contributed by atoms with E-state index >= 15 is 0 Å². The van der Waals surface area contributed by atoms with E-state index in [0.29, 0.717) is 50.9 Å². The van der Waals surface area contributed by atoms with Crippen LogP contribution >= 0.6 is 0 Å². The largest absolute Gasteiger partial charge is 0.493 e. The van der Waals surface area contributed by atoms with Crippen molar-refractivity contribution in [2.24, 2.45) is 4.99 Å². The van der Waals surface area contributed by atoms with Crippen molar-refractivity contribution < 1.29 is 19.0 Å². The zero-order valence-corrected chi connectivity index (χ0v) is 20.8. The second kappa shape index (κ2) is 9.62. The number of fused-ring (bicyclic) bond motifs is 1. The van der Waals surface area contributed by atoms with Crippen molar-refractivity contribution in [3.63, 3.8) is 0 Å². The summed E-state index contributed by atoms with van der Waals surface area (Å²) in [5.41, 5.74) is 1.61. The molecule has 0 N–H and O–H groups in total. The van der Waals surface area contributed by atoms with Crippen LogP contribution in [0.4, 0.5) is 0 Å². The van der Waals surface area contributed by atoms with E-state index in [-0.39, 0.29) is 11.3 Å². The summed E-state index contributed by atoms with van der Waals surface area (Å²) in [5.74, 6) is 1.52. The molecule has 186 valence electrons. The lowest BCUT2D eigenvalue weighted by Crippen LogP contribution is -2.47. The van der Waals surface area contributed by atoms with Crippen LogP contribution in [0, 0.1) is 0 Å². The van der Waals surface area contributed by atoms with Crippen LogP contribution in [0.3, 0.4) is 0 Å². The highest BCUT2D eigenvalue weighted by Gasteiger charge is 2.33. The van der Waals surface area contributed by atoms with Crippen molar-refractivity contribution >= 4 is 28.7 Å². The third kappa shape index (κ3) is 4.10. The van der Waals surface area contributed by atoms with Gasteiger partial charge in [-0.2, -0.15) is 9.69 Å². The maximum Gasteiger partial charge on any atom is 0.297 e. The van der Waals surface area contributed by atoms with Crippen molar-refractivity contribution in [3.05, 3.63) is 88.3 Å². The average Bonchev–Trinajstić information content (AvgIpc) is 3.20. The first-order valence-electron chi connectivity index (χ1n) is 11.5. The number of para-hydroxylation sites is 1. The number of carbonyl (C=O) groups excluding carboxylic acids is 1. The van der Waals surface area contributed by atoms with Crippen molar-refractivity contribution in [1.82, 2.24) is 9.66 Å². The van der Waals surface area contributed by atoms with Gasteiger partial charge in [0.2, 0.25) is 5.75 Å². The standard InChI is InChI=1S/C28H24N4O5/c1-17-29-22(14-18-15-23(35-2)25(37-4)24(16-18)36-3)28(34)31(17)32-26(19-10-6-5-7-11-19)30-21-13-9-8-12-20(21)27(32)33/h5-16H,1-4H3/b22-14-. The van der Waals surface area contributed by atoms with E-state index in [1.165, 1.54) is 31.0 Å². The minimum Gasteiger partial charge on any atom is -0.493 e. The molecule has 0 atom stereocenters. The van der Waals surface area contributed by atoms with Gasteiger partial charge in [-0.1, -0.05) is 42.5 Å². The Bertz CT molecular complexity index is 1610. The van der Waals surface area contributed by atoms with Gasteiger partial charge in [0, 0.05) is 5.56 Å². The summed E-state index contributed by atoms with van der Waals surface area (Å²) in [6.07, 6.45) is 1.61. The minimum atomic E-state index is -0.470. The minimum absolute atomic E-state index is 0.144. The van der Waals surface area contributed by atoms with Gasteiger partial charge in [0.1, 0.15) is 11.5 Å². The number of nitrogens with zero attached hydrogens (tertiary/aromatic N) is 4. The fourth-order valence-corrected chi connectivity index (χ4v) is 4.28. The Morgan fingerprint density at radius 2 is 1.49 bits per heavy atom. The smallest absolute Gasteiger partial charge is 0.297 e. The van der Waals surface area contributed by atoms with Crippen LogP contribution in [0.5, 0.6) is 17.2 Å². The van der Waals surface area contributed by atoms with Crippen molar-refractivity contribution in [1.29, 1.82) is 0 Å². The van der Waals surface area contributed by atoms with Gasteiger partial charge in [0.25, 0.3) is 11.5 Å². The van der Waals surface area contributed by atoms with Crippen LogP contribution in [0.15, 0.2) is 82.2 Å². The Balaban J connectivity index is 1.66. The number of rotatable bonds is 6. The maximum absolute atomic E-state index is 13.7. The first kappa shape index (κ1) is 23.8. The monoisotopic (exact) mass is 496 g/mol. The molecule has 0 fully saturated rings. The second-order valence-corrected chi connectivity index (χ2v) is 8.20. The summed E-state index contributed by atoms with van der Waals surface area (Å²) in [4.78, 5) is 36.6. The van der Waals surface area contributed by atoms with Crippen LogP contribution in [0.25, 0.3) is 28.4 Å². The molecule has 37 heavy (non-hydrogen) atoms. The molecule has 0 saturated carbocycles. The maximum atomic E-state index is 13.7. The lowest BCUT2D eigenvalue weighted by Gasteiger charge is -2.22. The normalized spacial score (nSPS) is 14.3. The number of hydrogen-bond acceptors (Lipinski definition) is 7. The Morgan fingerprint density at radius 1 is 0.838 bits per heavy atom. The third-order valence-electron chi connectivity index (χ3n) is 5.98. The molecule has 2 heterocycles. The van der Waals surface area contributed by atoms with E-state index < -0.39 is 5.91 Å². The number of amides is 1. The number of ether oxygens (including phenoxy) is 3. The molecule has 3 aromatic carbocycles. The lowest BCUT2D eigenvalue weighted by molar-refractivity contribution is -0.115. The second-order valence-electron chi connectivity index (χ2n) is 8.20. The van der Waals surface area contributed by atoms with Crippen molar-refractivity contribution in [2.75, 3.05) is 26.3 Å². The number of carbonyl (C=O) groups is 1. The summed E-state index contributed by atoms with van der Waals surface area (Å²) < 4.78 is 17.5. The van der Waals surface area contributed by atoms with Crippen LogP contribution in [-0.2, 0) is 4.79 Å². The first-order valence-corrected chi connectivity index (χ1v) is 11.5. The Hall–Kier alpha value is -4.92. The number of methoxy groups -OCH3 is 3. The molecule has 0 spiro atoms. The Morgan fingerprint density at radius 3 is 2.14 bits per heavy atom. The predicted octanol–water partition coefficient (Wildman–Crippen LogP) is 4.03. The highest BCUT2D eigenvalue weighted by Crippen LogP contribution is 2.39. The number of hydrogen-bond donors (Lipinski definition) is 0. The van der Waals surface area contributed by atoms with E-state index in [2.05, 4.69) is 4.99 Å². The van der Waals surface area contributed by atoms with Gasteiger partial charge < -0.3 is 14.2 Å². The molecule has 0 bridgehead atoms. The molecule has 1 aliphatic heterocycles. The van der Waals surface area contributed by atoms with Crippen LogP contribution < -0.4 is 24.8 Å². The Kier molecular flexibility index (Phi) is 6.19. The molecule has 0 aliphatic carbocycles. The topological polar surface area (TPSA) is 95.2 Å². The third-order valence-corrected chi connectivity index (χ3v) is 5.98. The van der Waals surface area contributed by atoms with Crippen LogP contribution in [0.2, 0.25) is 0 Å². The average molecular weight is 497 g/mol. The number of benzene rings is 3. The van der Waals surface area contributed by atoms with E-state index in [0.717, 1.165) is 0 Å². The van der Waals surface area contributed by atoms with E-state index in [1.54, 1.807) is 43.3 Å². The zero-order chi connectivity index (χ0) is 26.1. The molecule has 0 radical (unpaired) electrons. The molecule has 0 unspecified atom stereocenters. The zero-order valence-electron chi connectivity index (χ0n) is 20.8.